The van der Waals surface area contributed by atoms with Crippen LogP contribution in [-0.4, -0.2) is 16.2 Å². The average Bonchev–Trinajstić information content (AvgIpc) is 2.56. The molecule has 0 aliphatic carbocycles. The predicted molar refractivity (Wildman–Crippen MR) is 59.8 cm³/mol. The van der Waals surface area contributed by atoms with Crippen LogP contribution >= 0.6 is 0 Å². The van der Waals surface area contributed by atoms with Crippen LogP contribution < -0.4 is 10.5 Å². The van der Waals surface area contributed by atoms with Crippen LogP contribution in [0.2, 0.25) is 0 Å². The molecule has 0 spiro atoms. The van der Waals surface area contributed by atoms with Crippen molar-refractivity contribution in [2.45, 2.75) is 13.5 Å². The van der Waals surface area contributed by atoms with Crippen molar-refractivity contribution < 1.29 is 4.74 Å². The summed E-state index contributed by atoms with van der Waals surface area (Å²) in [5.74, 6) is 0. The number of fused-ring (bicyclic) bond motifs is 1. The third kappa shape index (κ3) is 1.68. The molecule has 0 saturated carbocycles. The molecule has 1 aromatic heterocycles. The molecule has 0 radical (unpaired) electrons. The Kier molecular flexibility index (Phi) is 2.60. The molecule has 0 unspecified atom stereocenters. The Hall–Kier alpha value is -1.55. The van der Waals surface area contributed by atoms with E-state index in [2.05, 4.69) is 4.98 Å². The molecule has 1 heterocycles. The minimum Gasteiger partial charge on any atom is -0.465 e. The maximum atomic E-state index is 5.60. The molecule has 15 heavy (non-hydrogen) atoms. The van der Waals surface area contributed by atoms with Crippen molar-refractivity contribution in [2.24, 2.45) is 12.8 Å². The Labute approximate surface area is 88.7 Å². The summed E-state index contributed by atoms with van der Waals surface area (Å²) in [4.78, 5) is 4.38. The number of nitrogens with two attached hydrogens (primary N) is 1. The van der Waals surface area contributed by atoms with Gasteiger partial charge in [0, 0.05) is 13.6 Å². The number of rotatable bonds is 3. The van der Waals surface area contributed by atoms with Gasteiger partial charge in [0.05, 0.1) is 17.6 Å². The number of hydrogen-bond acceptors (Lipinski definition) is 3. The SMILES string of the molecule is CCOc1nc2ccc(CN)cc2n1C. The van der Waals surface area contributed by atoms with E-state index < -0.39 is 0 Å². The Morgan fingerprint density at radius 1 is 1.47 bits per heavy atom. The van der Waals surface area contributed by atoms with Crippen LogP contribution in [0.1, 0.15) is 12.5 Å². The zero-order chi connectivity index (χ0) is 10.8. The van der Waals surface area contributed by atoms with Gasteiger partial charge >= 0.3 is 0 Å². The second kappa shape index (κ2) is 3.90. The van der Waals surface area contributed by atoms with Gasteiger partial charge in [-0.05, 0) is 24.6 Å². The number of aryl methyl sites for hydroxylation is 1. The number of imidazole rings is 1. The van der Waals surface area contributed by atoms with Gasteiger partial charge < -0.3 is 10.5 Å². The van der Waals surface area contributed by atoms with Gasteiger partial charge in [0.25, 0.3) is 6.01 Å². The lowest BCUT2D eigenvalue weighted by Crippen LogP contribution is -1.99. The molecule has 0 aliphatic rings. The van der Waals surface area contributed by atoms with Gasteiger partial charge in [-0.25, -0.2) is 0 Å². The van der Waals surface area contributed by atoms with Crippen LogP contribution in [0.25, 0.3) is 11.0 Å². The molecule has 2 N–H and O–H groups in total. The molecule has 2 aromatic rings. The summed E-state index contributed by atoms with van der Waals surface area (Å²) >= 11 is 0. The lowest BCUT2D eigenvalue weighted by Gasteiger charge is -2.02. The van der Waals surface area contributed by atoms with Gasteiger partial charge in [0.1, 0.15) is 0 Å². The normalized spacial score (nSPS) is 10.9. The van der Waals surface area contributed by atoms with Crippen LogP contribution in [0.15, 0.2) is 18.2 Å². The van der Waals surface area contributed by atoms with E-state index in [1.807, 2.05) is 36.7 Å². The fraction of sp³-hybridized carbons (Fsp3) is 0.364. The monoisotopic (exact) mass is 205 g/mol. The molecule has 80 valence electrons. The van der Waals surface area contributed by atoms with Crippen molar-refractivity contribution >= 4 is 11.0 Å². The smallest absolute Gasteiger partial charge is 0.297 e. The molecular weight excluding hydrogens is 190 g/mol. The van der Waals surface area contributed by atoms with E-state index >= 15 is 0 Å². The quantitative estimate of drug-likeness (QED) is 0.824. The molecule has 1 aromatic carbocycles. The minimum atomic E-state index is 0.547. The Morgan fingerprint density at radius 2 is 2.27 bits per heavy atom. The van der Waals surface area contributed by atoms with Crippen molar-refractivity contribution in [3.8, 4) is 6.01 Å². The summed E-state index contributed by atoms with van der Waals surface area (Å²) in [5.41, 5.74) is 8.70. The standard InChI is InChI=1S/C11H15N3O/c1-3-15-11-13-9-5-4-8(7-12)6-10(9)14(11)2/h4-6H,3,7,12H2,1-2H3. The van der Waals surface area contributed by atoms with E-state index in [9.17, 15) is 0 Å². The van der Waals surface area contributed by atoms with Crippen molar-refractivity contribution in [3.05, 3.63) is 23.8 Å². The van der Waals surface area contributed by atoms with Crippen molar-refractivity contribution in [2.75, 3.05) is 6.61 Å². The zero-order valence-electron chi connectivity index (χ0n) is 9.03. The highest BCUT2D eigenvalue weighted by molar-refractivity contribution is 5.77. The van der Waals surface area contributed by atoms with E-state index in [1.54, 1.807) is 0 Å². The van der Waals surface area contributed by atoms with Crippen LogP contribution in [0.4, 0.5) is 0 Å². The molecule has 0 bridgehead atoms. The largest absolute Gasteiger partial charge is 0.465 e. The number of nitrogens with zero attached hydrogens (tertiary/aromatic N) is 2. The first-order valence-electron chi connectivity index (χ1n) is 5.04. The molecule has 0 fully saturated rings. The third-order valence-electron chi connectivity index (χ3n) is 2.41. The Balaban J connectivity index is 2.56. The van der Waals surface area contributed by atoms with E-state index in [0.717, 1.165) is 16.6 Å². The van der Waals surface area contributed by atoms with Crippen LogP contribution in [0.3, 0.4) is 0 Å². The Bertz CT molecular complexity index is 476. The van der Waals surface area contributed by atoms with Gasteiger partial charge in [-0.15, -0.1) is 0 Å². The molecule has 2 rings (SSSR count). The molecule has 0 aliphatic heterocycles. The first-order chi connectivity index (χ1) is 7.26. The minimum absolute atomic E-state index is 0.547. The summed E-state index contributed by atoms with van der Waals surface area (Å²) in [6.07, 6.45) is 0. The van der Waals surface area contributed by atoms with Crippen molar-refractivity contribution in [3.63, 3.8) is 0 Å². The molecule has 0 amide bonds. The highest BCUT2D eigenvalue weighted by Crippen LogP contribution is 2.20. The van der Waals surface area contributed by atoms with Crippen molar-refractivity contribution in [1.82, 2.24) is 9.55 Å². The van der Waals surface area contributed by atoms with Crippen LogP contribution in [0, 0.1) is 0 Å². The maximum absolute atomic E-state index is 5.60. The van der Waals surface area contributed by atoms with Crippen LogP contribution in [-0.2, 0) is 13.6 Å². The van der Waals surface area contributed by atoms with E-state index in [4.69, 9.17) is 10.5 Å². The highest BCUT2D eigenvalue weighted by Gasteiger charge is 2.08. The summed E-state index contributed by atoms with van der Waals surface area (Å²) in [6, 6.07) is 6.66. The summed E-state index contributed by atoms with van der Waals surface area (Å²) < 4.78 is 7.36. The zero-order valence-corrected chi connectivity index (χ0v) is 9.03. The summed E-state index contributed by atoms with van der Waals surface area (Å²) in [5, 5.41) is 0. The maximum Gasteiger partial charge on any atom is 0.297 e. The summed E-state index contributed by atoms with van der Waals surface area (Å²) in [6.45, 7) is 3.12. The van der Waals surface area contributed by atoms with E-state index in [-0.39, 0.29) is 0 Å². The topological polar surface area (TPSA) is 53.1 Å². The lowest BCUT2D eigenvalue weighted by atomic mass is 10.2. The molecular formula is C11H15N3O. The van der Waals surface area contributed by atoms with Crippen LogP contribution in [0.5, 0.6) is 6.01 Å². The molecule has 4 heteroatoms. The molecule has 0 saturated heterocycles. The number of aromatic nitrogens is 2. The fourth-order valence-corrected chi connectivity index (χ4v) is 1.60. The highest BCUT2D eigenvalue weighted by atomic mass is 16.5. The second-order valence-electron chi connectivity index (χ2n) is 3.41. The van der Waals surface area contributed by atoms with Gasteiger partial charge in [-0.3, -0.25) is 4.57 Å². The van der Waals surface area contributed by atoms with Gasteiger partial charge in [-0.1, -0.05) is 6.07 Å². The third-order valence-corrected chi connectivity index (χ3v) is 2.41. The first-order valence-corrected chi connectivity index (χ1v) is 5.04. The fourth-order valence-electron chi connectivity index (χ4n) is 1.60. The second-order valence-corrected chi connectivity index (χ2v) is 3.41. The molecule has 0 atom stereocenters. The van der Waals surface area contributed by atoms with Gasteiger partial charge in [0.15, 0.2) is 0 Å². The number of ether oxygens (including phenoxy) is 1. The Morgan fingerprint density at radius 3 is 2.93 bits per heavy atom. The van der Waals surface area contributed by atoms with Gasteiger partial charge in [0.2, 0.25) is 0 Å². The van der Waals surface area contributed by atoms with Crippen molar-refractivity contribution in [1.29, 1.82) is 0 Å². The van der Waals surface area contributed by atoms with E-state index in [0.29, 0.717) is 19.2 Å². The molecule has 4 nitrogen and oxygen atoms in total. The number of benzene rings is 1. The van der Waals surface area contributed by atoms with Gasteiger partial charge in [-0.2, -0.15) is 4.98 Å². The predicted octanol–water partition coefficient (Wildman–Crippen LogP) is 1.43. The first kappa shape index (κ1) is 9.98. The lowest BCUT2D eigenvalue weighted by molar-refractivity contribution is 0.304. The number of hydrogen-bond donors (Lipinski definition) is 1. The van der Waals surface area contributed by atoms with E-state index in [1.165, 1.54) is 0 Å². The summed E-state index contributed by atoms with van der Waals surface area (Å²) in [7, 11) is 1.95. The average molecular weight is 205 g/mol.